The lowest BCUT2D eigenvalue weighted by Crippen LogP contribution is -2.31. The van der Waals surface area contributed by atoms with E-state index < -0.39 is 17.8 Å². The van der Waals surface area contributed by atoms with E-state index in [9.17, 15) is 14.4 Å². The molecular weight excluding hydrogens is 550 g/mol. The van der Waals surface area contributed by atoms with Crippen molar-refractivity contribution in [1.82, 2.24) is 35.5 Å². The number of rotatable bonds is 10. The molecule has 13 heteroatoms. The Bertz CT molecular complexity index is 1750. The van der Waals surface area contributed by atoms with Crippen molar-refractivity contribution in [2.24, 2.45) is 5.73 Å². The molecule has 0 unspecified atom stereocenters. The van der Waals surface area contributed by atoms with Gasteiger partial charge in [0.1, 0.15) is 24.3 Å². The molecule has 220 valence electrons. The maximum absolute atomic E-state index is 13.5. The number of carbonyl (C=O) groups is 3. The zero-order chi connectivity index (χ0) is 30.5. The highest BCUT2D eigenvalue weighted by atomic mass is 16.5. The minimum atomic E-state index is -0.482. The zero-order valence-electron chi connectivity index (χ0n) is 23.5. The quantitative estimate of drug-likeness (QED) is 0.0808. The first-order valence-corrected chi connectivity index (χ1v) is 13.6. The number of nitrogens with zero attached hydrogens (tertiary/aromatic N) is 4. The number of fused-ring (bicyclic) bond motifs is 2. The van der Waals surface area contributed by atoms with Gasteiger partial charge in [0.2, 0.25) is 0 Å². The molecule has 1 aliphatic carbocycles. The van der Waals surface area contributed by atoms with E-state index >= 15 is 0 Å². The van der Waals surface area contributed by atoms with Crippen LogP contribution in [0.15, 0.2) is 61.4 Å². The van der Waals surface area contributed by atoms with Gasteiger partial charge in [0.05, 0.1) is 11.6 Å². The van der Waals surface area contributed by atoms with Crippen molar-refractivity contribution in [2.75, 3.05) is 6.61 Å². The Hall–Kier alpha value is -5.59. The van der Waals surface area contributed by atoms with Crippen molar-refractivity contribution in [2.45, 2.75) is 38.9 Å². The number of carbonyl (C=O) groups excluding carboxylic acids is 3. The normalized spacial score (nSPS) is 13.7. The SMILES string of the molecule is C=CCOC(=O)c1ccc2c(c1C)CC[C@@H]2NC(=O)c1cc(C(=O)NCc2cccc(CNC(=N)N)c2)nc2ncnn12. The van der Waals surface area contributed by atoms with Crippen LogP contribution in [-0.4, -0.2) is 49.9 Å². The summed E-state index contributed by atoms with van der Waals surface area (Å²) in [5.74, 6) is -1.36. The van der Waals surface area contributed by atoms with Crippen molar-refractivity contribution < 1.29 is 19.1 Å². The zero-order valence-corrected chi connectivity index (χ0v) is 23.5. The summed E-state index contributed by atoms with van der Waals surface area (Å²) in [6, 6.07) is 12.1. The fourth-order valence-corrected chi connectivity index (χ4v) is 5.11. The molecule has 0 saturated heterocycles. The van der Waals surface area contributed by atoms with Gasteiger partial charge in [-0.05, 0) is 53.6 Å². The molecule has 13 nitrogen and oxygen atoms in total. The Morgan fingerprint density at radius 3 is 2.65 bits per heavy atom. The number of guanidine groups is 1. The molecule has 43 heavy (non-hydrogen) atoms. The average molecular weight is 582 g/mol. The van der Waals surface area contributed by atoms with Gasteiger partial charge in [-0.3, -0.25) is 15.0 Å². The van der Waals surface area contributed by atoms with E-state index in [4.69, 9.17) is 15.9 Å². The number of hydrogen-bond donors (Lipinski definition) is 5. The second-order valence-electron chi connectivity index (χ2n) is 10.0. The molecule has 2 aromatic carbocycles. The summed E-state index contributed by atoms with van der Waals surface area (Å²) >= 11 is 0. The Morgan fingerprint density at radius 1 is 1.14 bits per heavy atom. The second kappa shape index (κ2) is 12.5. The Morgan fingerprint density at radius 2 is 1.91 bits per heavy atom. The van der Waals surface area contributed by atoms with Gasteiger partial charge in [-0.2, -0.15) is 14.6 Å². The van der Waals surface area contributed by atoms with Gasteiger partial charge in [0, 0.05) is 19.2 Å². The number of nitrogens with two attached hydrogens (primary N) is 1. The Balaban J connectivity index is 1.31. The first-order chi connectivity index (χ1) is 20.7. The lowest BCUT2D eigenvalue weighted by molar-refractivity contribution is 0.0548. The lowest BCUT2D eigenvalue weighted by atomic mass is 9.98. The minimum Gasteiger partial charge on any atom is -0.458 e. The maximum atomic E-state index is 13.5. The second-order valence-corrected chi connectivity index (χ2v) is 10.0. The summed E-state index contributed by atoms with van der Waals surface area (Å²) in [6.07, 6.45) is 4.11. The molecule has 5 rings (SSSR count). The van der Waals surface area contributed by atoms with Gasteiger partial charge in [-0.15, -0.1) is 0 Å². The Labute approximate surface area is 247 Å². The number of nitrogens with one attached hydrogen (secondary N) is 4. The van der Waals surface area contributed by atoms with Crippen LogP contribution in [0.2, 0.25) is 0 Å². The van der Waals surface area contributed by atoms with Crippen LogP contribution in [0, 0.1) is 12.3 Å². The molecule has 2 aromatic heterocycles. The smallest absolute Gasteiger partial charge is 0.338 e. The number of esters is 1. The summed E-state index contributed by atoms with van der Waals surface area (Å²) in [5, 5.41) is 20.1. The van der Waals surface area contributed by atoms with Crippen molar-refractivity contribution >= 4 is 29.5 Å². The maximum Gasteiger partial charge on any atom is 0.338 e. The van der Waals surface area contributed by atoms with Crippen molar-refractivity contribution in [3.05, 3.63) is 106 Å². The highest BCUT2D eigenvalue weighted by Gasteiger charge is 2.29. The largest absolute Gasteiger partial charge is 0.458 e. The molecular formula is C30H31N9O4. The van der Waals surface area contributed by atoms with Crippen molar-refractivity contribution in [1.29, 1.82) is 5.41 Å². The molecule has 0 radical (unpaired) electrons. The molecule has 0 fully saturated rings. The third-order valence-corrected chi connectivity index (χ3v) is 7.20. The molecule has 0 saturated carbocycles. The van der Waals surface area contributed by atoms with Gasteiger partial charge < -0.3 is 26.4 Å². The number of hydrogen-bond acceptors (Lipinski definition) is 8. The predicted octanol–water partition coefficient (Wildman–Crippen LogP) is 2.11. The number of benzene rings is 2. The molecule has 4 aromatic rings. The van der Waals surface area contributed by atoms with E-state index in [0.717, 1.165) is 27.8 Å². The third kappa shape index (κ3) is 6.35. The molecule has 0 aliphatic heterocycles. The predicted molar refractivity (Wildman–Crippen MR) is 157 cm³/mol. The van der Waals surface area contributed by atoms with E-state index in [-0.39, 0.29) is 42.3 Å². The summed E-state index contributed by atoms with van der Waals surface area (Å²) < 4.78 is 6.49. The summed E-state index contributed by atoms with van der Waals surface area (Å²) in [5.41, 5.74) is 10.5. The van der Waals surface area contributed by atoms with E-state index in [2.05, 4.69) is 37.6 Å². The number of ether oxygens (including phenoxy) is 1. The van der Waals surface area contributed by atoms with Crippen LogP contribution in [0.25, 0.3) is 5.78 Å². The molecule has 6 N–H and O–H groups in total. The minimum absolute atomic E-state index is 0.0189. The molecule has 0 spiro atoms. The monoisotopic (exact) mass is 581 g/mol. The molecule has 2 heterocycles. The van der Waals surface area contributed by atoms with E-state index in [1.54, 1.807) is 6.07 Å². The summed E-state index contributed by atoms with van der Waals surface area (Å²) in [7, 11) is 0. The topological polar surface area (TPSA) is 189 Å². The van der Waals surface area contributed by atoms with Crippen LogP contribution in [0.1, 0.15) is 71.6 Å². The van der Waals surface area contributed by atoms with E-state index in [1.807, 2.05) is 37.3 Å². The van der Waals surface area contributed by atoms with Crippen LogP contribution in [0.4, 0.5) is 0 Å². The summed E-state index contributed by atoms with van der Waals surface area (Å²) in [4.78, 5) is 47.4. The Kier molecular flexibility index (Phi) is 8.41. The number of amides is 2. The standard InChI is InChI=1S/C30H31N9O4/c1-3-11-43-28(42)21-7-8-22-20(17(21)2)9-10-23(22)37-27(41)25-13-24(38-30-35-16-36-39(25)30)26(40)33-14-18-5-4-6-19(12-18)15-34-29(31)32/h3-8,12-13,16,23H,1,9-11,14-15H2,2H3,(H,33,40)(H,37,41)(H4,31,32,34)/t23-/m0/s1. The van der Waals surface area contributed by atoms with Crippen LogP contribution >= 0.6 is 0 Å². The molecule has 2 amide bonds. The lowest BCUT2D eigenvalue weighted by Gasteiger charge is -2.16. The van der Waals surface area contributed by atoms with Crippen LogP contribution in [0.3, 0.4) is 0 Å². The fourth-order valence-electron chi connectivity index (χ4n) is 5.11. The number of aromatic nitrogens is 4. The van der Waals surface area contributed by atoms with Gasteiger partial charge >= 0.3 is 5.97 Å². The van der Waals surface area contributed by atoms with Gasteiger partial charge in [-0.1, -0.05) is 43.0 Å². The van der Waals surface area contributed by atoms with Gasteiger partial charge in [0.25, 0.3) is 17.6 Å². The fraction of sp³-hybridized carbons (Fsp3) is 0.233. The summed E-state index contributed by atoms with van der Waals surface area (Å²) in [6.45, 7) is 6.17. The van der Waals surface area contributed by atoms with Crippen LogP contribution < -0.4 is 21.7 Å². The first kappa shape index (κ1) is 28.9. The van der Waals surface area contributed by atoms with E-state index in [1.165, 1.54) is 23.0 Å². The highest BCUT2D eigenvalue weighted by molar-refractivity contribution is 5.98. The third-order valence-electron chi connectivity index (χ3n) is 7.20. The van der Waals surface area contributed by atoms with Crippen molar-refractivity contribution in [3.63, 3.8) is 0 Å². The van der Waals surface area contributed by atoms with Crippen LogP contribution in [0.5, 0.6) is 0 Å². The van der Waals surface area contributed by atoms with Gasteiger partial charge in [-0.25, -0.2) is 9.78 Å². The average Bonchev–Trinajstić information content (AvgIpc) is 3.65. The van der Waals surface area contributed by atoms with Gasteiger partial charge in [0.15, 0.2) is 5.96 Å². The van der Waals surface area contributed by atoms with Crippen molar-refractivity contribution in [3.8, 4) is 0 Å². The van der Waals surface area contributed by atoms with Crippen LogP contribution in [-0.2, 0) is 24.2 Å². The molecule has 1 atom stereocenters. The van der Waals surface area contributed by atoms with E-state index in [0.29, 0.717) is 24.9 Å². The molecule has 1 aliphatic rings. The first-order valence-electron chi connectivity index (χ1n) is 13.6. The highest BCUT2D eigenvalue weighted by Crippen LogP contribution is 2.35. The molecule has 0 bridgehead atoms.